The predicted molar refractivity (Wildman–Crippen MR) is 92.5 cm³/mol. The van der Waals surface area contributed by atoms with Gasteiger partial charge in [-0.25, -0.2) is 4.79 Å². The van der Waals surface area contributed by atoms with E-state index in [-0.39, 0.29) is 5.41 Å². The number of Topliss-reactive ketones (excluding diaryl/α,β-unsaturated/α-hetero) is 1. The molecule has 3 saturated carbocycles. The number of ketones is 1. The molecule has 0 aliphatic heterocycles. The number of carboxylic acid groups (broad SMARTS) is 1. The van der Waals surface area contributed by atoms with Crippen LogP contribution in [0.5, 0.6) is 0 Å². The Morgan fingerprint density at radius 1 is 1.04 bits per heavy atom. The van der Waals surface area contributed by atoms with E-state index in [9.17, 15) is 14.7 Å². The largest absolute Gasteiger partial charge is 0.475 e. The normalized spacial score (nSPS) is 47.2. The van der Waals surface area contributed by atoms with Gasteiger partial charge in [-0.3, -0.25) is 4.79 Å². The number of rotatable bonds is 2. The Hall–Kier alpha value is -1.12. The van der Waals surface area contributed by atoms with Gasteiger partial charge >= 0.3 is 5.97 Å². The molecular formula is C21H30O3. The summed E-state index contributed by atoms with van der Waals surface area (Å²) in [4.78, 5) is 23.4. The van der Waals surface area contributed by atoms with E-state index >= 15 is 0 Å². The number of aliphatic carboxylic acids is 1. The summed E-state index contributed by atoms with van der Waals surface area (Å²) in [5.74, 6) is 0.894. The third-order valence-electron chi connectivity index (χ3n) is 8.60. The lowest BCUT2D eigenvalue weighted by Crippen LogP contribution is -2.52. The zero-order valence-corrected chi connectivity index (χ0v) is 15.0. The van der Waals surface area contributed by atoms with Crippen molar-refractivity contribution in [2.45, 2.75) is 71.6 Å². The van der Waals surface area contributed by atoms with Crippen molar-refractivity contribution in [3.8, 4) is 0 Å². The molecule has 3 fully saturated rings. The Labute approximate surface area is 144 Å². The van der Waals surface area contributed by atoms with Gasteiger partial charge in [-0.05, 0) is 79.4 Å². The van der Waals surface area contributed by atoms with Crippen molar-refractivity contribution in [3.63, 3.8) is 0 Å². The monoisotopic (exact) mass is 330 g/mol. The highest BCUT2D eigenvalue weighted by Gasteiger charge is 2.58. The summed E-state index contributed by atoms with van der Waals surface area (Å²) in [6.45, 7) is 4.71. The number of carboxylic acids is 1. The van der Waals surface area contributed by atoms with E-state index < -0.39 is 11.8 Å². The molecule has 1 unspecified atom stereocenters. The van der Waals surface area contributed by atoms with Crippen molar-refractivity contribution in [1.82, 2.24) is 0 Å². The number of carbonyl (C=O) groups is 2. The van der Waals surface area contributed by atoms with Crippen LogP contribution in [0.4, 0.5) is 0 Å². The van der Waals surface area contributed by atoms with Crippen molar-refractivity contribution in [3.05, 3.63) is 11.6 Å². The molecule has 0 spiro atoms. The summed E-state index contributed by atoms with van der Waals surface area (Å²) in [5.41, 5.74) is 0.894. The predicted octanol–water partition coefficient (Wildman–Crippen LogP) is 4.61. The number of carbonyl (C=O) groups excluding carboxylic acids is 1. The first-order chi connectivity index (χ1) is 11.4. The van der Waals surface area contributed by atoms with Crippen molar-refractivity contribution >= 4 is 11.8 Å². The molecule has 0 saturated heterocycles. The van der Waals surface area contributed by atoms with Crippen LogP contribution < -0.4 is 0 Å². The van der Waals surface area contributed by atoms with Gasteiger partial charge in [-0.1, -0.05) is 32.8 Å². The van der Waals surface area contributed by atoms with Gasteiger partial charge in [0.1, 0.15) is 0 Å². The molecule has 0 radical (unpaired) electrons. The van der Waals surface area contributed by atoms with Crippen LogP contribution >= 0.6 is 0 Å². The van der Waals surface area contributed by atoms with Gasteiger partial charge in [0.15, 0.2) is 0 Å². The molecule has 4 aliphatic rings. The van der Waals surface area contributed by atoms with Crippen LogP contribution in [0.2, 0.25) is 0 Å². The summed E-state index contributed by atoms with van der Waals surface area (Å²) < 4.78 is 0. The second kappa shape index (κ2) is 5.44. The minimum atomic E-state index is -1.28. The zero-order valence-electron chi connectivity index (χ0n) is 15.0. The topological polar surface area (TPSA) is 54.4 Å². The second-order valence-electron chi connectivity index (χ2n) is 9.35. The molecule has 3 nitrogen and oxygen atoms in total. The lowest BCUT2D eigenvalue weighted by atomic mass is 9.45. The molecule has 1 N–H and O–H groups in total. The molecule has 0 aromatic heterocycles. The van der Waals surface area contributed by atoms with Crippen LogP contribution in [0.25, 0.3) is 0 Å². The van der Waals surface area contributed by atoms with E-state index in [1.807, 2.05) is 6.08 Å². The van der Waals surface area contributed by atoms with E-state index in [1.54, 1.807) is 0 Å². The minimum Gasteiger partial charge on any atom is -0.475 e. The van der Waals surface area contributed by atoms with Gasteiger partial charge in [0, 0.05) is 5.57 Å². The van der Waals surface area contributed by atoms with Crippen LogP contribution in [0.15, 0.2) is 11.6 Å². The van der Waals surface area contributed by atoms with Crippen molar-refractivity contribution in [1.29, 1.82) is 0 Å². The Morgan fingerprint density at radius 3 is 2.58 bits per heavy atom. The maximum atomic E-state index is 12.2. The Bertz CT molecular complexity index is 606. The molecule has 0 amide bonds. The number of allylic oxidation sites excluding steroid dienone is 1. The maximum Gasteiger partial charge on any atom is 0.376 e. The third-order valence-corrected chi connectivity index (χ3v) is 8.60. The number of fused-ring (bicyclic) bond motifs is 5. The van der Waals surface area contributed by atoms with Gasteiger partial charge in [0.2, 0.25) is 0 Å². The molecule has 6 atom stereocenters. The van der Waals surface area contributed by atoms with Crippen molar-refractivity contribution in [2.24, 2.45) is 34.5 Å². The van der Waals surface area contributed by atoms with Gasteiger partial charge in [-0.2, -0.15) is 0 Å². The van der Waals surface area contributed by atoms with Crippen molar-refractivity contribution in [2.75, 3.05) is 0 Å². The van der Waals surface area contributed by atoms with E-state index in [0.717, 1.165) is 24.7 Å². The summed E-state index contributed by atoms with van der Waals surface area (Å²) in [7, 11) is 0. The summed E-state index contributed by atoms with van der Waals surface area (Å²) in [6, 6.07) is 0. The lowest BCUT2D eigenvalue weighted by Gasteiger charge is -2.60. The molecule has 0 aromatic carbocycles. The molecule has 0 bridgehead atoms. The van der Waals surface area contributed by atoms with Crippen LogP contribution in [-0.2, 0) is 9.59 Å². The number of hydrogen-bond acceptors (Lipinski definition) is 2. The first kappa shape index (κ1) is 16.4. The smallest absolute Gasteiger partial charge is 0.376 e. The summed E-state index contributed by atoms with van der Waals surface area (Å²) >= 11 is 0. The van der Waals surface area contributed by atoms with Crippen LogP contribution in [0.3, 0.4) is 0 Å². The Kier molecular flexibility index (Phi) is 3.71. The SMILES string of the molecule is C[C@]12CCCCC1CC[C@@H]1[C@@H]2CC[C@]2(C)C(C(=O)C(=O)O)=CC[C@@H]12. The first-order valence-electron chi connectivity index (χ1n) is 9.86. The molecular weight excluding hydrogens is 300 g/mol. The molecule has 132 valence electrons. The molecule has 3 heteroatoms. The summed E-state index contributed by atoms with van der Waals surface area (Å²) in [6.07, 6.45) is 13.2. The van der Waals surface area contributed by atoms with E-state index in [4.69, 9.17) is 0 Å². The maximum absolute atomic E-state index is 12.2. The molecule has 0 aromatic rings. The van der Waals surface area contributed by atoms with E-state index in [0.29, 0.717) is 22.8 Å². The van der Waals surface area contributed by atoms with Crippen LogP contribution in [-0.4, -0.2) is 16.9 Å². The van der Waals surface area contributed by atoms with E-state index in [2.05, 4.69) is 13.8 Å². The molecule has 4 aliphatic carbocycles. The highest BCUT2D eigenvalue weighted by Crippen LogP contribution is 2.66. The first-order valence-corrected chi connectivity index (χ1v) is 9.86. The minimum absolute atomic E-state index is 0.200. The summed E-state index contributed by atoms with van der Waals surface area (Å²) in [5, 5.41) is 9.18. The number of hydrogen-bond donors (Lipinski definition) is 1. The van der Waals surface area contributed by atoms with Gasteiger partial charge < -0.3 is 5.11 Å². The van der Waals surface area contributed by atoms with Crippen LogP contribution in [0.1, 0.15) is 71.6 Å². The highest BCUT2D eigenvalue weighted by molar-refractivity contribution is 6.40. The molecule has 0 heterocycles. The Morgan fingerprint density at radius 2 is 1.83 bits per heavy atom. The zero-order chi connectivity index (χ0) is 17.1. The van der Waals surface area contributed by atoms with Gasteiger partial charge in [0.05, 0.1) is 0 Å². The fourth-order valence-electron chi connectivity index (χ4n) is 7.33. The van der Waals surface area contributed by atoms with Gasteiger partial charge in [-0.15, -0.1) is 0 Å². The standard InChI is InChI=1S/C21H30O3/c1-20-11-4-3-5-13(20)6-7-14-15-8-9-17(18(22)19(23)24)21(15,2)12-10-16(14)20/h9,13-16H,3-8,10-12H2,1-2H3,(H,23,24)/t13?,14-,15-,16-,20-,21-/m0/s1. The second-order valence-corrected chi connectivity index (χ2v) is 9.35. The van der Waals surface area contributed by atoms with E-state index in [1.165, 1.54) is 44.9 Å². The molecule has 24 heavy (non-hydrogen) atoms. The van der Waals surface area contributed by atoms with Crippen LogP contribution in [0, 0.1) is 34.5 Å². The Balaban J connectivity index is 1.63. The fourth-order valence-corrected chi connectivity index (χ4v) is 7.33. The highest BCUT2D eigenvalue weighted by atomic mass is 16.4. The van der Waals surface area contributed by atoms with Gasteiger partial charge in [0.25, 0.3) is 5.78 Å². The fraction of sp³-hybridized carbons (Fsp3) is 0.810. The average molecular weight is 330 g/mol. The van der Waals surface area contributed by atoms with Crippen molar-refractivity contribution < 1.29 is 14.7 Å². The average Bonchev–Trinajstić information content (AvgIpc) is 2.90. The quantitative estimate of drug-likeness (QED) is 0.752. The molecule has 4 rings (SSSR count). The lowest BCUT2D eigenvalue weighted by molar-refractivity contribution is -0.148. The third kappa shape index (κ3) is 2.09.